The Labute approximate surface area is 407 Å². The first-order valence-corrected chi connectivity index (χ1v) is 24.1. The first-order valence-electron chi connectivity index (χ1n) is 19.2. The van der Waals surface area contributed by atoms with Crippen LogP contribution in [-0.2, 0) is 16.1 Å². The van der Waals surface area contributed by atoms with Gasteiger partial charge in [-0.15, -0.1) is 11.8 Å². The summed E-state index contributed by atoms with van der Waals surface area (Å²) >= 11 is 51.1. The number of aryl methyl sites for hydroxylation is 1. The summed E-state index contributed by atoms with van der Waals surface area (Å²) < 4.78 is 21.9. The largest absolute Gasteiger partial charge is 0.385 e. The number of amides is 2. The highest BCUT2D eigenvalue weighted by Gasteiger charge is 2.43. The van der Waals surface area contributed by atoms with Gasteiger partial charge in [0.25, 0.3) is 11.8 Å². The lowest BCUT2D eigenvalue weighted by atomic mass is 10.1. The summed E-state index contributed by atoms with van der Waals surface area (Å²) in [7, 11) is 0. The van der Waals surface area contributed by atoms with E-state index in [9.17, 15) is 13.8 Å². The van der Waals surface area contributed by atoms with E-state index in [4.69, 9.17) is 102 Å². The van der Waals surface area contributed by atoms with Gasteiger partial charge in [-0.1, -0.05) is 168 Å². The number of benzene rings is 5. The second-order valence-corrected chi connectivity index (χ2v) is 19.2. The number of anilines is 3. The summed E-state index contributed by atoms with van der Waals surface area (Å²) in [6.45, 7) is 4.51. The molecule has 326 valence electrons. The van der Waals surface area contributed by atoms with E-state index in [0.29, 0.717) is 28.6 Å². The van der Waals surface area contributed by atoms with E-state index in [1.165, 1.54) is 12.1 Å². The molecule has 0 radical (unpaired) electrons. The number of amidine groups is 1. The van der Waals surface area contributed by atoms with Crippen LogP contribution in [0.15, 0.2) is 94.8 Å². The van der Waals surface area contributed by atoms with Crippen LogP contribution in [0.5, 0.6) is 5.75 Å². The van der Waals surface area contributed by atoms with Crippen LogP contribution in [0.2, 0.25) is 40.2 Å². The van der Waals surface area contributed by atoms with Crippen LogP contribution >= 0.6 is 105 Å². The van der Waals surface area contributed by atoms with E-state index < -0.39 is 28.3 Å². The van der Waals surface area contributed by atoms with E-state index in [1.807, 2.05) is 37.3 Å². The number of para-hydroxylation sites is 1. The minimum absolute atomic E-state index is 0.0668. The molecule has 2 unspecified atom stereocenters. The van der Waals surface area contributed by atoms with Crippen molar-refractivity contribution in [3.05, 3.63) is 136 Å². The van der Waals surface area contributed by atoms with Crippen molar-refractivity contribution in [2.75, 3.05) is 21.2 Å². The fourth-order valence-corrected chi connectivity index (χ4v) is 10.4. The number of aliphatic imine (C=N–C) groups is 1. The van der Waals surface area contributed by atoms with E-state index in [2.05, 4.69) is 17.7 Å². The third-order valence-corrected chi connectivity index (χ3v) is 15.0. The Hall–Kier alpha value is -3.07. The average Bonchev–Trinajstić information content (AvgIpc) is 3.54. The van der Waals surface area contributed by atoms with E-state index >= 15 is 0 Å². The highest BCUT2D eigenvalue weighted by Crippen LogP contribution is 2.50. The Morgan fingerprint density at radius 3 is 2.11 bits per heavy atom. The molecule has 1 aliphatic heterocycles. The van der Waals surface area contributed by atoms with Gasteiger partial charge in [-0.2, -0.15) is 4.21 Å². The zero-order valence-corrected chi connectivity index (χ0v) is 40.6. The first kappa shape index (κ1) is 48.4. The van der Waals surface area contributed by atoms with Crippen LogP contribution in [0.25, 0.3) is 0 Å². The number of unbranched alkanes of at least 4 members (excludes halogenated alkanes) is 5. The van der Waals surface area contributed by atoms with Crippen molar-refractivity contribution < 1.29 is 18.0 Å². The van der Waals surface area contributed by atoms with Crippen LogP contribution in [0.3, 0.4) is 0 Å². The summed E-state index contributed by atoms with van der Waals surface area (Å²) in [5.74, 6) is -0.619. The molecule has 19 heteroatoms. The molecule has 0 bridgehead atoms. The molecule has 2 N–H and O–H groups in total. The Balaban J connectivity index is 1.40. The second-order valence-electron chi connectivity index (χ2n) is 13.9. The molecule has 6 rings (SSSR count). The molecule has 0 saturated carbocycles. The molecule has 0 aromatic heterocycles. The van der Waals surface area contributed by atoms with Gasteiger partial charge in [0.2, 0.25) is 0 Å². The fourth-order valence-electron chi connectivity index (χ4n) is 6.24. The predicted molar refractivity (Wildman–Crippen MR) is 262 cm³/mol. The van der Waals surface area contributed by atoms with Gasteiger partial charge < -0.3 is 9.50 Å². The summed E-state index contributed by atoms with van der Waals surface area (Å²) in [6.07, 6.45) is 6.05. The molecule has 5 aromatic carbocycles. The molecular weight excluding hydrogens is 998 g/mol. The minimum atomic E-state index is -1.98. The van der Waals surface area contributed by atoms with Gasteiger partial charge in [-0.25, -0.2) is 10.0 Å². The summed E-state index contributed by atoms with van der Waals surface area (Å²) in [5.41, 5.74) is 5.10. The van der Waals surface area contributed by atoms with Crippen LogP contribution < -0.4 is 24.2 Å². The SMILES string of the molecule is CCCCCCCCN(c1ccccc1SC1C(=O)N(c2c(Cl)c(Cl)c(Cl)c(Cl)c2Cl)NC1=Nc1cc(NC(=O)c2c(Cl)cccc2Cl)ccc1Cl)S(=O)Oc1ccc(C)cc1. The number of rotatable bonds is 17. The molecule has 5 aromatic rings. The number of hydrogen-bond donors (Lipinski definition) is 2. The Morgan fingerprint density at radius 2 is 1.44 bits per heavy atom. The zero-order valence-electron chi connectivity index (χ0n) is 32.9. The van der Waals surface area contributed by atoms with Gasteiger partial charge in [-0.3, -0.25) is 19.3 Å². The lowest BCUT2D eigenvalue weighted by molar-refractivity contribution is -0.116. The summed E-state index contributed by atoms with van der Waals surface area (Å²) in [4.78, 5) is 33.4. The van der Waals surface area contributed by atoms with Crippen molar-refractivity contribution in [1.29, 1.82) is 0 Å². The Kier molecular flexibility index (Phi) is 17.3. The first-order chi connectivity index (χ1) is 29.7. The molecule has 1 saturated heterocycles. The van der Waals surface area contributed by atoms with Crippen molar-refractivity contribution >= 4 is 156 Å². The van der Waals surface area contributed by atoms with Gasteiger partial charge in [0.05, 0.1) is 57.1 Å². The molecule has 2 atom stereocenters. The molecule has 2 amide bonds. The third-order valence-electron chi connectivity index (χ3n) is 9.43. The number of hydrogen-bond acceptors (Lipinski definition) is 6. The lowest BCUT2D eigenvalue weighted by Crippen LogP contribution is -2.36. The van der Waals surface area contributed by atoms with Gasteiger partial charge >= 0.3 is 11.3 Å². The Bertz CT molecular complexity index is 2480. The van der Waals surface area contributed by atoms with Gasteiger partial charge in [0.1, 0.15) is 22.5 Å². The topological polar surface area (TPSA) is 103 Å². The second kappa shape index (κ2) is 22.2. The van der Waals surface area contributed by atoms with Crippen LogP contribution in [0, 0.1) is 6.92 Å². The quantitative estimate of drug-likeness (QED) is 0.0546. The number of nitrogens with zero attached hydrogens (tertiary/aromatic N) is 3. The maximum absolute atomic E-state index is 14.7. The van der Waals surface area contributed by atoms with E-state index in [0.717, 1.165) is 60.9 Å². The van der Waals surface area contributed by atoms with Crippen LogP contribution in [-0.4, -0.2) is 33.7 Å². The third kappa shape index (κ3) is 11.4. The molecule has 62 heavy (non-hydrogen) atoms. The van der Waals surface area contributed by atoms with E-state index in [1.54, 1.807) is 46.8 Å². The molecule has 1 heterocycles. The fraction of sp³-hybridized carbons (Fsp3) is 0.233. The molecule has 0 aliphatic carbocycles. The van der Waals surface area contributed by atoms with E-state index in [-0.39, 0.29) is 63.0 Å². The molecular formula is C43H37Cl8N5O4S2. The molecule has 0 spiro atoms. The standard InChI is InChI=1S/C43H37Cl8N5O4S2/c1-3-4-5-6-7-10-22-55(62(59)60-26-19-16-24(2)17-20-26)31-14-8-9-15-32(31)61-40-41(54-56(43(40)58)39-37(50)35(48)34(47)36(49)38(39)51)53-30-23-25(18-21-27(30)44)52-42(57)33-28(45)12-11-13-29(33)46/h8-9,11-21,23,40H,3-7,10,22H2,1-2H3,(H,52,57)(H,53,54). The number of nitrogens with one attached hydrogen (secondary N) is 2. The van der Waals surface area contributed by atoms with Gasteiger partial charge in [0, 0.05) is 17.1 Å². The van der Waals surface area contributed by atoms with Gasteiger partial charge in [0.15, 0.2) is 0 Å². The highest BCUT2D eigenvalue weighted by molar-refractivity contribution is 8.01. The maximum atomic E-state index is 14.7. The number of halogens is 8. The number of carbonyl (C=O) groups excluding carboxylic acids is 2. The van der Waals surface area contributed by atoms with Crippen LogP contribution in [0.1, 0.15) is 61.4 Å². The van der Waals surface area contributed by atoms with Crippen molar-refractivity contribution in [2.45, 2.75) is 62.5 Å². The number of thioether (sulfide) groups is 1. The minimum Gasteiger partial charge on any atom is -0.385 e. The molecule has 1 fully saturated rings. The highest BCUT2D eigenvalue weighted by atomic mass is 35.5. The smallest absolute Gasteiger partial charge is 0.318 e. The van der Waals surface area contributed by atoms with Crippen molar-refractivity contribution in [3.63, 3.8) is 0 Å². The average molecular weight is 1040 g/mol. The normalized spacial score (nSPS) is 14.9. The van der Waals surface area contributed by atoms with Crippen molar-refractivity contribution in [3.8, 4) is 5.75 Å². The summed E-state index contributed by atoms with van der Waals surface area (Å²) in [6, 6.07) is 23.9. The lowest BCUT2D eigenvalue weighted by Gasteiger charge is -2.25. The monoisotopic (exact) mass is 1030 g/mol. The molecule has 9 nitrogen and oxygen atoms in total. The predicted octanol–water partition coefficient (Wildman–Crippen LogP) is 15.0. The zero-order chi connectivity index (χ0) is 44.7. The van der Waals surface area contributed by atoms with Crippen LogP contribution in [0.4, 0.5) is 22.7 Å². The number of carbonyl (C=O) groups is 2. The number of hydrazine groups is 1. The molecule has 1 aliphatic rings. The summed E-state index contributed by atoms with van der Waals surface area (Å²) in [5, 5.41) is 2.60. The van der Waals surface area contributed by atoms with Crippen molar-refractivity contribution in [1.82, 2.24) is 5.43 Å². The Morgan fingerprint density at radius 1 is 0.806 bits per heavy atom. The van der Waals surface area contributed by atoms with Crippen molar-refractivity contribution in [2.24, 2.45) is 4.99 Å². The maximum Gasteiger partial charge on any atom is 0.318 e. The van der Waals surface area contributed by atoms with Gasteiger partial charge in [-0.05, 0) is 67.9 Å².